The smallest absolute Gasteiger partial charge is 0.416 e. The summed E-state index contributed by atoms with van der Waals surface area (Å²) in [5.74, 6) is 0.813. The molecule has 0 spiro atoms. The fourth-order valence-electron chi connectivity index (χ4n) is 4.79. The number of aromatic nitrogens is 5. The van der Waals surface area contributed by atoms with E-state index < -0.39 is 23.6 Å². The third-order valence-electron chi connectivity index (χ3n) is 7.05. The molecule has 0 aliphatic carbocycles. The standard InChI is InChI=1S/C28H34F3N5O2S2/c1-5-8-9-17(6-2)12-18(27(37)38)16-40-20-14-21-24(32-15-20)35(4)25(33-21)23-26(39-7-3)36-11-10-19(28(29,30)31)13-22(36)34-23/h10-11,13-15,17-18H,5-9,12,16H2,1-4H3,(H,37,38). The lowest BCUT2D eigenvalue weighted by Gasteiger charge is -2.19. The molecule has 0 aromatic carbocycles. The number of hydrogen-bond donors (Lipinski definition) is 1. The number of unbranched alkanes of at least 4 members (excludes halogenated alkanes) is 1. The van der Waals surface area contributed by atoms with Crippen molar-refractivity contribution in [3.05, 3.63) is 36.2 Å². The van der Waals surface area contributed by atoms with Crippen LogP contribution in [0.1, 0.15) is 58.4 Å². The number of aryl methyl sites for hydroxylation is 1. The Bertz CT molecular complexity index is 1480. The SMILES string of the molecule is CCCCC(CC)CC(CSc1cnc2c(c1)nc(-c1nc3cc(C(F)(F)F)ccn3c1SCC)n2C)C(=O)O. The van der Waals surface area contributed by atoms with Gasteiger partial charge in [0.05, 0.1) is 11.5 Å². The van der Waals surface area contributed by atoms with Crippen LogP contribution in [-0.4, -0.2) is 46.5 Å². The summed E-state index contributed by atoms with van der Waals surface area (Å²) in [6.07, 6.45) is 3.53. The van der Waals surface area contributed by atoms with Crippen molar-refractivity contribution in [3.8, 4) is 11.5 Å². The summed E-state index contributed by atoms with van der Waals surface area (Å²) in [7, 11) is 1.80. The summed E-state index contributed by atoms with van der Waals surface area (Å²) in [4.78, 5) is 26.7. The summed E-state index contributed by atoms with van der Waals surface area (Å²) < 4.78 is 43.4. The van der Waals surface area contributed by atoms with Crippen LogP contribution in [0.15, 0.2) is 40.5 Å². The summed E-state index contributed by atoms with van der Waals surface area (Å²) >= 11 is 2.93. The minimum Gasteiger partial charge on any atom is -0.481 e. The second-order valence-electron chi connectivity index (χ2n) is 9.85. The highest BCUT2D eigenvalue weighted by molar-refractivity contribution is 7.99. The Labute approximate surface area is 240 Å². The maximum atomic E-state index is 13.3. The van der Waals surface area contributed by atoms with Gasteiger partial charge < -0.3 is 9.67 Å². The van der Waals surface area contributed by atoms with Crippen molar-refractivity contribution in [3.63, 3.8) is 0 Å². The molecule has 40 heavy (non-hydrogen) atoms. The second-order valence-corrected chi connectivity index (χ2v) is 12.2. The Hall–Kier alpha value is -2.73. The molecule has 4 heterocycles. The second kappa shape index (κ2) is 12.8. The van der Waals surface area contributed by atoms with Crippen molar-refractivity contribution in [2.45, 2.75) is 69.0 Å². The lowest BCUT2D eigenvalue weighted by atomic mass is 9.89. The third-order valence-corrected chi connectivity index (χ3v) is 9.13. The number of thioether (sulfide) groups is 2. The number of hydrogen-bond acceptors (Lipinski definition) is 6. The van der Waals surface area contributed by atoms with E-state index >= 15 is 0 Å². The van der Waals surface area contributed by atoms with Crippen LogP contribution in [0.5, 0.6) is 0 Å². The predicted octanol–water partition coefficient (Wildman–Crippen LogP) is 7.81. The number of carbonyl (C=O) groups is 1. The topological polar surface area (TPSA) is 85.3 Å². The highest BCUT2D eigenvalue weighted by Crippen LogP contribution is 2.36. The number of nitrogens with zero attached hydrogens (tertiary/aromatic N) is 5. The number of pyridine rings is 2. The molecule has 2 unspecified atom stereocenters. The Morgan fingerprint density at radius 2 is 1.93 bits per heavy atom. The van der Waals surface area contributed by atoms with Gasteiger partial charge in [-0.15, -0.1) is 23.5 Å². The Kier molecular flexibility index (Phi) is 9.71. The predicted molar refractivity (Wildman–Crippen MR) is 154 cm³/mol. The fourth-order valence-corrected chi connectivity index (χ4v) is 6.62. The molecule has 1 N–H and O–H groups in total. The average Bonchev–Trinajstić information content (AvgIpc) is 3.44. The summed E-state index contributed by atoms with van der Waals surface area (Å²) in [5.41, 5.74) is 1.16. The van der Waals surface area contributed by atoms with Gasteiger partial charge in [0.1, 0.15) is 21.9 Å². The molecule has 0 bridgehead atoms. The maximum absolute atomic E-state index is 13.3. The van der Waals surface area contributed by atoms with Crippen LogP contribution in [0.25, 0.3) is 28.3 Å². The Morgan fingerprint density at radius 1 is 1.15 bits per heavy atom. The number of carboxylic acids is 1. The van der Waals surface area contributed by atoms with Crippen LogP contribution in [0.3, 0.4) is 0 Å². The fraction of sp³-hybridized carbons (Fsp3) is 0.500. The van der Waals surface area contributed by atoms with Crippen molar-refractivity contribution in [1.29, 1.82) is 0 Å². The van der Waals surface area contributed by atoms with Gasteiger partial charge in [0, 0.05) is 30.1 Å². The first-order valence-electron chi connectivity index (χ1n) is 13.5. The van der Waals surface area contributed by atoms with E-state index in [2.05, 4.69) is 23.8 Å². The van der Waals surface area contributed by atoms with Crippen LogP contribution in [-0.2, 0) is 18.0 Å². The number of alkyl halides is 3. The van der Waals surface area contributed by atoms with E-state index in [0.29, 0.717) is 51.6 Å². The van der Waals surface area contributed by atoms with Crippen LogP contribution >= 0.6 is 23.5 Å². The lowest BCUT2D eigenvalue weighted by Crippen LogP contribution is -2.20. The first-order chi connectivity index (χ1) is 19.1. The zero-order chi connectivity index (χ0) is 29.0. The molecular weight excluding hydrogens is 559 g/mol. The van der Waals surface area contributed by atoms with Crippen LogP contribution in [0.4, 0.5) is 13.2 Å². The average molecular weight is 594 g/mol. The monoisotopic (exact) mass is 593 g/mol. The zero-order valence-corrected chi connectivity index (χ0v) is 24.7. The quantitative estimate of drug-likeness (QED) is 0.158. The van der Waals surface area contributed by atoms with E-state index in [0.717, 1.165) is 42.7 Å². The third kappa shape index (κ3) is 6.59. The largest absolute Gasteiger partial charge is 0.481 e. The number of imidazole rings is 2. The first-order valence-corrected chi connectivity index (χ1v) is 15.4. The van der Waals surface area contributed by atoms with Gasteiger partial charge in [-0.2, -0.15) is 13.2 Å². The zero-order valence-electron chi connectivity index (χ0n) is 23.0. The molecule has 4 rings (SSSR count). The number of aliphatic carboxylic acids is 1. The van der Waals surface area contributed by atoms with E-state index in [4.69, 9.17) is 4.98 Å². The summed E-state index contributed by atoms with van der Waals surface area (Å²) in [6, 6.07) is 3.98. The summed E-state index contributed by atoms with van der Waals surface area (Å²) in [5, 5.41) is 10.5. The maximum Gasteiger partial charge on any atom is 0.416 e. The van der Waals surface area contributed by atoms with Gasteiger partial charge in [0.15, 0.2) is 11.5 Å². The van der Waals surface area contributed by atoms with Crippen molar-refractivity contribution < 1.29 is 23.1 Å². The Morgan fingerprint density at radius 3 is 2.58 bits per heavy atom. The van der Waals surface area contributed by atoms with Gasteiger partial charge in [-0.3, -0.25) is 9.20 Å². The van der Waals surface area contributed by atoms with Crippen molar-refractivity contribution >= 4 is 46.3 Å². The molecule has 2 atom stereocenters. The van der Waals surface area contributed by atoms with Gasteiger partial charge in [0.25, 0.3) is 0 Å². The molecule has 0 amide bonds. The van der Waals surface area contributed by atoms with E-state index in [-0.39, 0.29) is 5.65 Å². The van der Waals surface area contributed by atoms with Gasteiger partial charge in [0.2, 0.25) is 0 Å². The molecule has 0 saturated heterocycles. The van der Waals surface area contributed by atoms with E-state index in [1.165, 1.54) is 29.7 Å². The molecule has 0 radical (unpaired) electrons. The number of fused-ring (bicyclic) bond motifs is 2. The molecule has 7 nitrogen and oxygen atoms in total. The van der Waals surface area contributed by atoms with E-state index in [1.807, 2.05) is 13.0 Å². The van der Waals surface area contributed by atoms with Gasteiger partial charge in [-0.25, -0.2) is 15.0 Å². The highest BCUT2D eigenvalue weighted by Gasteiger charge is 2.31. The highest BCUT2D eigenvalue weighted by atomic mass is 32.2. The molecular formula is C28H34F3N5O2S2. The number of halogens is 3. The molecule has 216 valence electrons. The van der Waals surface area contributed by atoms with E-state index in [1.54, 1.807) is 22.2 Å². The molecule has 0 aliphatic heterocycles. The molecule has 0 fully saturated rings. The van der Waals surface area contributed by atoms with Gasteiger partial charge in [-0.05, 0) is 36.3 Å². The van der Waals surface area contributed by atoms with Crippen LogP contribution in [0, 0.1) is 11.8 Å². The van der Waals surface area contributed by atoms with Crippen LogP contribution in [0.2, 0.25) is 0 Å². The summed E-state index contributed by atoms with van der Waals surface area (Å²) in [6.45, 7) is 6.23. The molecule has 0 saturated carbocycles. The van der Waals surface area contributed by atoms with Crippen molar-refractivity contribution in [1.82, 2.24) is 23.9 Å². The number of carboxylic acid groups (broad SMARTS) is 1. The molecule has 4 aromatic heterocycles. The van der Waals surface area contributed by atoms with Gasteiger partial charge in [-0.1, -0.05) is 46.5 Å². The minimum absolute atomic E-state index is 0.195. The Balaban J connectivity index is 1.62. The van der Waals surface area contributed by atoms with Gasteiger partial charge >= 0.3 is 12.1 Å². The minimum atomic E-state index is -4.46. The molecule has 4 aromatic rings. The van der Waals surface area contributed by atoms with Crippen molar-refractivity contribution in [2.75, 3.05) is 11.5 Å². The lowest BCUT2D eigenvalue weighted by molar-refractivity contribution is -0.141. The van der Waals surface area contributed by atoms with Crippen molar-refractivity contribution in [2.24, 2.45) is 18.9 Å². The van der Waals surface area contributed by atoms with Crippen LogP contribution < -0.4 is 0 Å². The number of rotatable bonds is 13. The molecule has 12 heteroatoms. The first kappa shape index (κ1) is 30.2. The molecule has 0 aliphatic rings. The van der Waals surface area contributed by atoms with E-state index in [9.17, 15) is 23.1 Å². The normalized spacial score (nSPS) is 13.8.